The van der Waals surface area contributed by atoms with Crippen LogP contribution >= 0.6 is 0 Å². The first-order chi connectivity index (χ1) is 19.7. The van der Waals surface area contributed by atoms with E-state index in [9.17, 15) is 14.9 Å². The first-order valence-corrected chi connectivity index (χ1v) is 13.9. The van der Waals surface area contributed by atoms with Gasteiger partial charge in [0.15, 0.2) is 0 Å². The van der Waals surface area contributed by atoms with E-state index in [1.54, 1.807) is 17.7 Å². The van der Waals surface area contributed by atoms with Crippen LogP contribution in [0.4, 0.5) is 0 Å². The maximum Gasteiger partial charge on any atom is 0.271 e. The molecule has 0 saturated heterocycles. The number of hydrogen-bond acceptors (Lipinski definition) is 6. The summed E-state index contributed by atoms with van der Waals surface area (Å²) in [5.41, 5.74) is 3.64. The summed E-state index contributed by atoms with van der Waals surface area (Å²) in [5, 5.41) is 14.7. The van der Waals surface area contributed by atoms with Crippen molar-refractivity contribution in [3.05, 3.63) is 83.1 Å². The van der Waals surface area contributed by atoms with Gasteiger partial charge in [0.25, 0.3) is 11.8 Å². The van der Waals surface area contributed by atoms with Crippen molar-refractivity contribution in [3.8, 4) is 28.8 Å². The van der Waals surface area contributed by atoms with E-state index in [1.165, 1.54) is 0 Å². The monoisotopic (exact) mass is 552 g/mol. The zero-order valence-electron chi connectivity index (χ0n) is 24.3. The standard InChI is InChI=1S/C33H36N4O4/c1-22(2)21-41-28-14-12-25(13-15-28)31-26(20-37(35-31)27-10-7-6-8-11-27)18-29-24(5)30(19-34)33(39)36(32(29)38)16-9-17-40-23(3)4/h6-8,10-15,18,20,22-23H,9,16-17,21H2,1-5H3/b29-18+. The van der Waals surface area contributed by atoms with Crippen LogP contribution in [0.1, 0.15) is 46.6 Å². The number of amides is 2. The van der Waals surface area contributed by atoms with Gasteiger partial charge >= 0.3 is 0 Å². The highest BCUT2D eigenvalue weighted by atomic mass is 16.5. The zero-order valence-corrected chi connectivity index (χ0v) is 24.3. The van der Waals surface area contributed by atoms with Gasteiger partial charge in [-0.15, -0.1) is 0 Å². The van der Waals surface area contributed by atoms with Crippen molar-refractivity contribution in [2.24, 2.45) is 5.92 Å². The van der Waals surface area contributed by atoms with E-state index < -0.39 is 11.8 Å². The van der Waals surface area contributed by atoms with E-state index in [4.69, 9.17) is 14.6 Å². The Kier molecular flexibility index (Phi) is 9.53. The summed E-state index contributed by atoms with van der Waals surface area (Å²) >= 11 is 0. The molecule has 2 aromatic carbocycles. The van der Waals surface area contributed by atoms with Gasteiger partial charge in [-0.1, -0.05) is 32.0 Å². The van der Waals surface area contributed by atoms with Gasteiger partial charge in [0.05, 0.1) is 24.1 Å². The van der Waals surface area contributed by atoms with Gasteiger partial charge in [-0.25, -0.2) is 4.68 Å². The molecule has 8 heteroatoms. The average molecular weight is 553 g/mol. The molecule has 2 heterocycles. The zero-order chi connectivity index (χ0) is 29.5. The Morgan fingerprint density at radius 3 is 2.34 bits per heavy atom. The van der Waals surface area contributed by atoms with Gasteiger partial charge < -0.3 is 9.47 Å². The van der Waals surface area contributed by atoms with E-state index in [0.29, 0.717) is 42.4 Å². The van der Waals surface area contributed by atoms with Crippen molar-refractivity contribution >= 4 is 17.9 Å². The second kappa shape index (κ2) is 13.2. The summed E-state index contributed by atoms with van der Waals surface area (Å²) in [6.07, 6.45) is 4.10. The lowest BCUT2D eigenvalue weighted by Gasteiger charge is -2.27. The summed E-state index contributed by atoms with van der Waals surface area (Å²) < 4.78 is 13.2. The van der Waals surface area contributed by atoms with E-state index in [1.807, 2.05) is 80.7 Å². The third-order valence-electron chi connectivity index (χ3n) is 6.58. The largest absolute Gasteiger partial charge is 0.493 e. The van der Waals surface area contributed by atoms with Gasteiger partial charge in [0.1, 0.15) is 17.4 Å². The Morgan fingerprint density at radius 1 is 1.00 bits per heavy atom. The van der Waals surface area contributed by atoms with Crippen LogP contribution < -0.4 is 4.74 Å². The molecule has 8 nitrogen and oxygen atoms in total. The highest BCUT2D eigenvalue weighted by Gasteiger charge is 2.35. The van der Waals surface area contributed by atoms with Crippen LogP contribution in [0, 0.1) is 17.2 Å². The Morgan fingerprint density at radius 2 is 1.71 bits per heavy atom. The fourth-order valence-corrected chi connectivity index (χ4v) is 4.43. The number of aromatic nitrogens is 2. The maximum absolute atomic E-state index is 13.6. The number of nitrogens with zero attached hydrogens (tertiary/aromatic N) is 4. The lowest BCUT2D eigenvalue weighted by atomic mass is 9.93. The number of ether oxygens (including phenoxy) is 2. The normalized spacial score (nSPS) is 14.9. The number of para-hydroxylation sites is 1. The topological polar surface area (TPSA) is 97.5 Å². The molecule has 0 N–H and O–H groups in total. The van der Waals surface area contributed by atoms with Crippen LogP contribution in [0.25, 0.3) is 23.0 Å². The number of benzene rings is 2. The smallest absolute Gasteiger partial charge is 0.271 e. The number of carbonyl (C=O) groups is 2. The summed E-state index contributed by atoms with van der Waals surface area (Å²) in [5.74, 6) is 0.160. The van der Waals surface area contributed by atoms with Crippen LogP contribution in [0.3, 0.4) is 0 Å². The van der Waals surface area contributed by atoms with Crippen molar-refractivity contribution in [2.75, 3.05) is 19.8 Å². The average Bonchev–Trinajstić information content (AvgIpc) is 3.38. The minimum absolute atomic E-state index is 0.0377. The van der Waals surface area contributed by atoms with E-state index in [0.717, 1.165) is 21.9 Å². The number of hydrogen-bond donors (Lipinski definition) is 0. The predicted molar refractivity (Wildman–Crippen MR) is 158 cm³/mol. The minimum atomic E-state index is -0.575. The van der Waals surface area contributed by atoms with Gasteiger partial charge in [0.2, 0.25) is 0 Å². The molecule has 0 atom stereocenters. The second-order valence-electron chi connectivity index (χ2n) is 10.6. The highest BCUT2D eigenvalue weighted by Crippen LogP contribution is 2.32. The SMILES string of the molecule is CC1=C(C#N)C(=O)N(CCCOC(C)C)C(=O)/C1=C/c1cn(-c2ccccc2)nc1-c1ccc(OCC(C)C)cc1. The molecule has 0 spiro atoms. The summed E-state index contributed by atoms with van der Waals surface area (Å²) in [7, 11) is 0. The third-order valence-corrected chi connectivity index (χ3v) is 6.58. The van der Waals surface area contributed by atoms with Crippen LogP contribution in [0.15, 0.2) is 77.5 Å². The first kappa shape index (κ1) is 29.5. The van der Waals surface area contributed by atoms with E-state index >= 15 is 0 Å². The number of carbonyl (C=O) groups excluding carboxylic acids is 2. The van der Waals surface area contributed by atoms with E-state index in [-0.39, 0.29) is 23.8 Å². The molecule has 4 rings (SSSR count). The van der Waals surface area contributed by atoms with Crippen LogP contribution in [0.5, 0.6) is 5.75 Å². The predicted octanol–water partition coefficient (Wildman–Crippen LogP) is 5.98. The van der Waals surface area contributed by atoms with Crippen molar-refractivity contribution in [1.29, 1.82) is 5.26 Å². The summed E-state index contributed by atoms with van der Waals surface area (Å²) in [6, 6.07) is 19.4. The Hall–Kier alpha value is -4.48. The molecule has 0 saturated carbocycles. The number of nitriles is 1. The second-order valence-corrected chi connectivity index (χ2v) is 10.6. The lowest BCUT2D eigenvalue weighted by molar-refractivity contribution is -0.140. The lowest BCUT2D eigenvalue weighted by Crippen LogP contribution is -2.43. The Balaban J connectivity index is 1.76. The fraction of sp³-hybridized carbons (Fsp3) is 0.333. The molecule has 0 fully saturated rings. The number of imide groups is 1. The molecule has 0 radical (unpaired) electrons. The van der Waals surface area contributed by atoms with Gasteiger partial charge in [0, 0.05) is 36.0 Å². The Labute approximate surface area is 241 Å². The molecule has 0 bridgehead atoms. The quantitative estimate of drug-likeness (QED) is 0.165. The third kappa shape index (κ3) is 7.00. The molecule has 0 unspecified atom stereocenters. The molecule has 41 heavy (non-hydrogen) atoms. The Bertz CT molecular complexity index is 1490. The van der Waals surface area contributed by atoms with Crippen LogP contribution in [-0.2, 0) is 14.3 Å². The minimum Gasteiger partial charge on any atom is -0.493 e. The molecule has 2 amide bonds. The van der Waals surface area contributed by atoms with Crippen molar-refractivity contribution < 1.29 is 19.1 Å². The molecule has 1 aliphatic rings. The summed E-state index contributed by atoms with van der Waals surface area (Å²) in [6.45, 7) is 10.9. The maximum atomic E-state index is 13.6. The molecule has 3 aromatic rings. The van der Waals surface area contributed by atoms with Gasteiger partial charge in [-0.05, 0) is 81.2 Å². The van der Waals surface area contributed by atoms with E-state index in [2.05, 4.69) is 13.8 Å². The van der Waals surface area contributed by atoms with Gasteiger partial charge in [-0.2, -0.15) is 10.4 Å². The fourth-order valence-electron chi connectivity index (χ4n) is 4.43. The molecule has 1 aliphatic heterocycles. The van der Waals surface area contributed by atoms with Crippen molar-refractivity contribution in [1.82, 2.24) is 14.7 Å². The van der Waals surface area contributed by atoms with Crippen LogP contribution in [-0.4, -0.2) is 52.4 Å². The molecule has 212 valence electrons. The molecular formula is C33H36N4O4. The first-order valence-electron chi connectivity index (χ1n) is 13.9. The molecule has 1 aromatic heterocycles. The highest BCUT2D eigenvalue weighted by molar-refractivity contribution is 6.19. The molecular weight excluding hydrogens is 516 g/mol. The molecule has 0 aliphatic carbocycles. The van der Waals surface area contributed by atoms with Crippen molar-refractivity contribution in [3.63, 3.8) is 0 Å². The van der Waals surface area contributed by atoms with Crippen molar-refractivity contribution in [2.45, 2.75) is 47.1 Å². The summed E-state index contributed by atoms with van der Waals surface area (Å²) in [4.78, 5) is 27.8. The van der Waals surface area contributed by atoms with Crippen LogP contribution in [0.2, 0.25) is 0 Å². The van der Waals surface area contributed by atoms with Gasteiger partial charge in [-0.3, -0.25) is 14.5 Å². The number of rotatable bonds is 11.